The molecule has 34 heavy (non-hydrogen) atoms. The van der Waals surface area contributed by atoms with Crippen LogP contribution >= 0.6 is 12.2 Å². The van der Waals surface area contributed by atoms with Crippen molar-refractivity contribution in [2.24, 2.45) is 0 Å². The molecular weight excluding hydrogens is 446 g/mol. The number of nitrogens with one attached hydrogen (secondary N) is 2. The number of hydrogen-bond donors (Lipinski definition) is 2. The molecule has 2 N–H and O–H groups in total. The van der Waals surface area contributed by atoms with Crippen LogP contribution in [0.1, 0.15) is 28.4 Å². The zero-order chi connectivity index (χ0) is 24.3. The van der Waals surface area contributed by atoms with E-state index < -0.39 is 0 Å². The first-order valence-corrected chi connectivity index (χ1v) is 11.3. The Morgan fingerprint density at radius 2 is 1.65 bits per heavy atom. The highest BCUT2D eigenvalue weighted by molar-refractivity contribution is 7.80. The highest BCUT2D eigenvalue weighted by Gasteiger charge is 2.16. The SMILES string of the molecule is CCOc1ccc(/C=C/C(=O)NC(=S)Nc2ccccc2C(=O)N(C)Cc2ccccc2)cc1. The minimum absolute atomic E-state index is 0.104. The van der Waals surface area contributed by atoms with Crippen LogP contribution in [0.4, 0.5) is 5.69 Å². The topological polar surface area (TPSA) is 70.7 Å². The second kappa shape index (κ2) is 12.3. The first-order valence-electron chi connectivity index (χ1n) is 10.9. The lowest BCUT2D eigenvalue weighted by Gasteiger charge is -2.20. The van der Waals surface area contributed by atoms with E-state index in [4.69, 9.17) is 17.0 Å². The Labute approximate surface area is 205 Å². The maximum absolute atomic E-state index is 13.0. The van der Waals surface area contributed by atoms with E-state index in [0.29, 0.717) is 24.4 Å². The Morgan fingerprint density at radius 1 is 0.971 bits per heavy atom. The van der Waals surface area contributed by atoms with E-state index >= 15 is 0 Å². The van der Waals surface area contributed by atoms with Crippen LogP contribution in [0.2, 0.25) is 0 Å². The summed E-state index contributed by atoms with van der Waals surface area (Å²) in [4.78, 5) is 27.0. The summed E-state index contributed by atoms with van der Waals surface area (Å²) < 4.78 is 5.41. The monoisotopic (exact) mass is 473 g/mol. The fourth-order valence-corrected chi connectivity index (χ4v) is 3.44. The third-order valence-electron chi connectivity index (χ3n) is 4.87. The van der Waals surface area contributed by atoms with Crippen molar-refractivity contribution < 1.29 is 14.3 Å². The van der Waals surface area contributed by atoms with Crippen LogP contribution in [0.5, 0.6) is 5.75 Å². The maximum Gasteiger partial charge on any atom is 0.256 e. The molecule has 0 aliphatic carbocycles. The second-order valence-corrected chi connectivity index (χ2v) is 7.88. The maximum atomic E-state index is 13.0. The number of anilines is 1. The van der Waals surface area contributed by atoms with Crippen molar-refractivity contribution in [1.82, 2.24) is 10.2 Å². The number of amides is 2. The van der Waals surface area contributed by atoms with Gasteiger partial charge in [0.2, 0.25) is 5.91 Å². The van der Waals surface area contributed by atoms with E-state index in [9.17, 15) is 9.59 Å². The first kappa shape index (κ1) is 24.7. The van der Waals surface area contributed by atoms with E-state index in [0.717, 1.165) is 16.9 Å². The van der Waals surface area contributed by atoms with Gasteiger partial charge >= 0.3 is 0 Å². The number of nitrogens with zero attached hydrogens (tertiary/aromatic N) is 1. The van der Waals surface area contributed by atoms with Gasteiger partial charge in [-0.05, 0) is 60.6 Å². The number of benzene rings is 3. The van der Waals surface area contributed by atoms with Gasteiger partial charge in [-0.2, -0.15) is 0 Å². The molecule has 6 nitrogen and oxygen atoms in total. The van der Waals surface area contributed by atoms with Crippen molar-refractivity contribution in [3.8, 4) is 5.75 Å². The molecule has 0 radical (unpaired) electrons. The molecule has 2 amide bonds. The highest BCUT2D eigenvalue weighted by Crippen LogP contribution is 2.18. The summed E-state index contributed by atoms with van der Waals surface area (Å²) in [7, 11) is 1.75. The van der Waals surface area contributed by atoms with Gasteiger partial charge in [-0.15, -0.1) is 0 Å². The summed E-state index contributed by atoms with van der Waals surface area (Å²) in [5, 5.41) is 5.68. The van der Waals surface area contributed by atoms with Gasteiger partial charge in [0, 0.05) is 19.7 Å². The van der Waals surface area contributed by atoms with Crippen molar-refractivity contribution in [1.29, 1.82) is 0 Å². The van der Waals surface area contributed by atoms with E-state index in [2.05, 4.69) is 10.6 Å². The number of carbonyl (C=O) groups excluding carboxylic acids is 2. The summed E-state index contributed by atoms with van der Waals surface area (Å²) in [6, 6.07) is 24.2. The third-order valence-corrected chi connectivity index (χ3v) is 5.07. The first-order chi connectivity index (χ1) is 16.5. The Bertz CT molecular complexity index is 1160. The summed E-state index contributed by atoms with van der Waals surface area (Å²) in [6.07, 6.45) is 3.08. The predicted octanol–water partition coefficient (Wildman–Crippen LogP) is 4.88. The molecule has 0 atom stereocenters. The minimum Gasteiger partial charge on any atom is -0.494 e. The molecule has 0 aliphatic heterocycles. The summed E-state index contributed by atoms with van der Waals surface area (Å²) in [6.45, 7) is 3.00. The third kappa shape index (κ3) is 7.28. The average molecular weight is 474 g/mol. The number of para-hydroxylation sites is 1. The molecule has 0 aliphatic rings. The molecular formula is C27H27N3O3S. The van der Waals surface area contributed by atoms with E-state index in [1.165, 1.54) is 6.08 Å². The second-order valence-electron chi connectivity index (χ2n) is 7.47. The van der Waals surface area contributed by atoms with Gasteiger partial charge in [0.15, 0.2) is 5.11 Å². The van der Waals surface area contributed by atoms with Gasteiger partial charge in [-0.1, -0.05) is 54.6 Å². The molecule has 0 spiro atoms. The van der Waals surface area contributed by atoms with Crippen LogP contribution in [-0.2, 0) is 11.3 Å². The molecule has 0 unspecified atom stereocenters. The van der Waals surface area contributed by atoms with Gasteiger partial charge in [-0.3, -0.25) is 14.9 Å². The number of rotatable bonds is 8. The van der Waals surface area contributed by atoms with Gasteiger partial charge in [0.05, 0.1) is 17.9 Å². The molecule has 0 saturated carbocycles. The molecule has 174 valence electrons. The summed E-state index contributed by atoms with van der Waals surface area (Å²) >= 11 is 5.29. The van der Waals surface area contributed by atoms with Crippen molar-refractivity contribution in [2.75, 3.05) is 19.0 Å². The van der Waals surface area contributed by atoms with Crippen molar-refractivity contribution >= 4 is 40.9 Å². The number of carbonyl (C=O) groups is 2. The number of thiocarbonyl (C=S) groups is 1. The average Bonchev–Trinajstić information content (AvgIpc) is 2.84. The Kier molecular flexibility index (Phi) is 8.94. The lowest BCUT2D eigenvalue weighted by Crippen LogP contribution is -2.34. The molecule has 3 aromatic carbocycles. The zero-order valence-electron chi connectivity index (χ0n) is 19.2. The molecule has 0 heterocycles. The zero-order valence-corrected chi connectivity index (χ0v) is 20.0. The standard InChI is InChI=1S/C27H27N3O3S/c1-3-33-22-16-13-20(14-17-22)15-18-25(31)29-27(34)28-24-12-8-7-11-23(24)26(32)30(2)19-21-9-5-4-6-10-21/h4-18H,3,19H2,1-2H3,(H2,28,29,31,34)/b18-15+. The van der Waals surface area contributed by atoms with Crippen LogP contribution < -0.4 is 15.4 Å². The number of ether oxygens (including phenoxy) is 1. The Hall–Kier alpha value is -3.97. The minimum atomic E-state index is -0.378. The lowest BCUT2D eigenvalue weighted by atomic mass is 10.1. The fraction of sp³-hybridized carbons (Fsp3) is 0.148. The van der Waals surface area contributed by atoms with Crippen LogP contribution in [0.3, 0.4) is 0 Å². The van der Waals surface area contributed by atoms with Crippen LogP contribution in [-0.4, -0.2) is 35.5 Å². The van der Waals surface area contributed by atoms with Crippen LogP contribution in [0, 0.1) is 0 Å². The molecule has 0 bridgehead atoms. The lowest BCUT2D eigenvalue weighted by molar-refractivity contribution is -0.115. The summed E-state index contributed by atoms with van der Waals surface area (Å²) in [5.41, 5.74) is 2.87. The molecule has 3 aromatic rings. The van der Waals surface area contributed by atoms with Crippen LogP contribution in [0.15, 0.2) is 84.9 Å². The van der Waals surface area contributed by atoms with Gasteiger partial charge in [0.25, 0.3) is 5.91 Å². The highest BCUT2D eigenvalue weighted by atomic mass is 32.1. The Balaban J connectivity index is 1.59. The molecule has 7 heteroatoms. The molecule has 0 saturated heterocycles. The fourth-order valence-electron chi connectivity index (χ4n) is 3.23. The van der Waals surface area contributed by atoms with E-state index in [1.807, 2.05) is 61.5 Å². The Morgan fingerprint density at radius 3 is 2.35 bits per heavy atom. The molecule has 3 rings (SSSR count). The van der Waals surface area contributed by atoms with E-state index in [1.54, 1.807) is 42.3 Å². The van der Waals surface area contributed by atoms with Crippen molar-refractivity contribution in [3.63, 3.8) is 0 Å². The number of hydrogen-bond acceptors (Lipinski definition) is 4. The molecule has 0 fully saturated rings. The molecule has 0 aromatic heterocycles. The van der Waals surface area contributed by atoms with Gasteiger partial charge in [0.1, 0.15) is 5.75 Å². The van der Waals surface area contributed by atoms with Gasteiger partial charge < -0.3 is 15.0 Å². The smallest absolute Gasteiger partial charge is 0.256 e. The normalized spacial score (nSPS) is 10.5. The largest absolute Gasteiger partial charge is 0.494 e. The summed E-state index contributed by atoms with van der Waals surface area (Å²) in [5.74, 6) is 0.241. The predicted molar refractivity (Wildman–Crippen MR) is 140 cm³/mol. The van der Waals surface area contributed by atoms with Crippen molar-refractivity contribution in [3.05, 3.63) is 102 Å². The quantitative estimate of drug-likeness (QED) is 0.360. The van der Waals surface area contributed by atoms with Crippen LogP contribution in [0.25, 0.3) is 6.08 Å². The van der Waals surface area contributed by atoms with Gasteiger partial charge in [-0.25, -0.2) is 0 Å². The van der Waals surface area contributed by atoms with Crippen molar-refractivity contribution in [2.45, 2.75) is 13.5 Å². The van der Waals surface area contributed by atoms with E-state index in [-0.39, 0.29) is 16.9 Å².